The van der Waals surface area contributed by atoms with E-state index in [0.717, 1.165) is 30.7 Å². The Bertz CT molecular complexity index is 395. The van der Waals surface area contributed by atoms with Gasteiger partial charge in [0, 0.05) is 5.02 Å². The average molecular weight is 254 g/mol. The second-order valence-electron chi connectivity index (χ2n) is 3.94. The summed E-state index contributed by atoms with van der Waals surface area (Å²) in [7, 11) is 0. The molecule has 0 radical (unpaired) electrons. The van der Waals surface area contributed by atoms with E-state index in [1.807, 2.05) is 24.3 Å². The number of nitrogens with two attached hydrogens (primary N) is 1. The van der Waals surface area contributed by atoms with Gasteiger partial charge in [-0.3, -0.25) is 0 Å². The summed E-state index contributed by atoms with van der Waals surface area (Å²) in [4.78, 5) is 0. The lowest BCUT2D eigenvalue weighted by molar-refractivity contribution is 0.649. The number of unbranched alkanes of at least 4 members (excludes halogenated alkanes) is 2. The topological polar surface area (TPSA) is 26.0 Å². The number of benzene rings is 1. The third kappa shape index (κ3) is 5.55. The summed E-state index contributed by atoms with van der Waals surface area (Å²) < 4.78 is 12.5. The molecule has 0 saturated heterocycles. The second kappa shape index (κ2) is 7.13. The molecule has 0 unspecified atom stereocenters. The molecule has 1 rings (SSSR count). The van der Waals surface area contributed by atoms with Crippen molar-refractivity contribution in [3.8, 4) is 0 Å². The van der Waals surface area contributed by atoms with Gasteiger partial charge in [0.2, 0.25) is 0 Å². The molecule has 0 heterocycles. The van der Waals surface area contributed by atoms with Crippen LogP contribution in [0.3, 0.4) is 0 Å². The van der Waals surface area contributed by atoms with E-state index in [1.165, 1.54) is 5.56 Å². The average Bonchev–Trinajstić information content (AvgIpc) is 2.30. The van der Waals surface area contributed by atoms with Crippen molar-refractivity contribution in [2.45, 2.75) is 25.7 Å². The van der Waals surface area contributed by atoms with Crippen molar-refractivity contribution in [1.82, 2.24) is 0 Å². The van der Waals surface area contributed by atoms with Crippen molar-refractivity contribution >= 4 is 11.6 Å². The molecule has 17 heavy (non-hydrogen) atoms. The van der Waals surface area contributed by atoms with Crippen LogP contribution in [0.2, 0.25) is 5.02 Å². The number of aryl methyl sites for hydroxylation is 1. The Balaban J connectivity index is 2.23. The molecule has 0 spiro atoms. The predicted molar refractivity (Wildman–Crippen MR) is 71.5 cm³/mol. The Labute approximate surface area is 107 Å². The highest BCUT2D eigenvalue weighted by Crippen LogP contribution is 2.13. The minimum Gasteiger partial charge on any atom is -0.397 e. The standard InChI is InChI=1S/C14H17ClFN/c1-11(16)14(17)6-4-2-3-5-12-7-9-13(15)10-8-12/h6-10H,1-5,17H2/b14-6+. The van der Waals surface area contributed by atoms with Crippen molar-refractivity contribution < 1.29 is 4.39 Å². The van der Waals surface area contributed by atoms with Crippen LogP contribution >= 0.6 is 11.6 Å². The van der Waals surface area contributed by atoms with Crippen LogP contribution in [-0.4, -0.2) is 0 Å². The van der Waals surface area contributed by atoms with Crippen LogP contribution in [0.25, 0.3) is 0 Å². The second-order valence-corrected chi connectivity index (χ2v) is 4.37. The molecule has 1 nitrogen and oxygen atoms in total. The van der Waals surface area contributed by atoms with E-state index in [4.69, 9.17) is 17.3 Å². The fraction of sp³-hybridized carbons (Fsp3) is 0.286. The number of rotatable bonds is 6. The van der Waals surface area contributed by atoms with Crippen LogP contribution in [0.1, 0.15) is 24.8 Å². The van der Waals surface area contributed by atoms with Gasteiger partial charge in [-0.15, -0.1) is 0 Å². The van der Waals surface area contributed by atoms with E-state index in [9.17, 15) is 4.39 Å². The van der Waals surface area contributed by atoms with E-state index in [2.05, 4.69) is 6.58 Å². The van der Waals surface area contributed by atoms with E-state index >= 15 is 0 Å². The molecular formula is C14H17ClFN. The highest BCUT2D eigenvalue weighted by molar-refractivity contribution is 6.30. The van der Waals surface area contributed by atoms with Crippen LogP contribution in [0.15, 0.2) is 48.4 Å². The summed E-state index contributed by atoms with van der Waals surface area (Å²) in [5, 5.41) is 0.755. The van der Waals surface area contributed by atoms with Crippen molar-refractivity contribution in [2.75, 3.05) is 0 Å². The maximum Gasteiger partial charge on any atom is 0.138 e. The van der Waals surface area contributed by atoms with E-state index < -0.39 is 5.83 Å². The van der Waals surface area contributed by atoms with Crippen LogP contribution < -0.4 is 5.73 Å². The lowest BCUT2D eigenvalue weighted by atomic mass is 10.1. The largest absolute Gasteiger partial charge is 0.397 e. The van der Waals surface area contributed by atoms with E-state index in [0.29, 0.717) is 0 Å². The predicted octanol–water partition coefficient (Wildman–Crippen LogP) is 4.38. The van der Waals surface area contributed by atoms with Gasteiger partial charge in [0.05, 0.1) is 5.70 Å². The fourth-order valence-electron chi connectivity index (χ4n) is 1.49. The highest BCUT2D eigenvalue weighted by Gasteiger charge is 1.95. The molecule has 0 bridgehead atoms. The zero-order valence-corrected chi connectivity index (χ0v) is 10.5. The van der Waals surface area contributed by atoms with Crippen LogP contribution in [0.4, 0.5) is 4.39 Å². The van der Waals surface area contributed by atoms with E-state index in [-0.39, 0.29) is 5.70 Å². The number of allylic oxidation sites excluding steroid dienone is 2. The van der Waals surface area contributed by atoms with Crippen LogP contribution in [-0.2, 0) is 6.42 Å². The van der Waals surface area contributed by atoms with Crippen LogP contribution in [0, 0.1) is 0 Å². The monoisotopic (exact) mass is 253 g/mol. The molecule has 1 aromatic carbocycles. The quantitative estimate of drug-likeness (QED) is 0.591. The fourth-order valence-corrected chi connectivity index (χ4v) is 1.62. The zero-order chi connectivity index (χ0) is 12.7. The summed E-state index contributed by atoms with van der Waals surface area (Å²) in [5.41, 5.74) is 6.81. The first-order chi connectivity index (χ1) is 8.09. The zero-order valence-electron chi connectivity index (χ0n) is 9.76. The minimum atomic E-state index is -0.553. The number of hydrogen-bond acceptors (Lipinski definition) is 1. The molecule has 0 amide bonds. The Morgan fingerprint density at radius 1 is 1.29 bits per heavy atom. The van der Waals surface area contributed by atoms with Gasteiger partial charge in [-0.1, -0.05) is 36.4 Å². The smallest absolute Gasteiger partial charge is 0.138 e. The molecule has 1 aromatic rings. The molecule has 3 heteroatoms. The first-order valence-electron chi connectivity index (χ1n) is 5.64. The molecule has 0 aromatic heterocycles. The number of hydrogen-bond donors (Lipinski definition) is 1. The number of halogens is 2. The van der Waals surface area contributed by atoms with Crippen molar-refractivity contribution in [1.29, 1.82) is 0 Å². The van der Waals surface area contributed by atoms with Gasteiger partial charge in [0.1, 0.15) is 5.83 Å². The normalized spacial score (nSPS) is 11.5. The maximum absolute atomic E-state index is 12.5. The molecule has 92 valence electrons. The molecular weight excluding hydrogens is 237 g/mol. The molecule has 0 aliphatic heterocycles. The molecule has 2 N–H and O–H groups in total. The highest BCUT2D eigenvalue weighted by atomic mass is 35.5. The molecule has 0 aliphatic rings. The van der Waals surface area contributed by atoms with Gasteiger partial charge in [-0.25, -0.2) is 4.39 Å². The Hall–Kier alpha value is -1.28. The Morgan fingerprint density at radius 2 is 1.94 bits per heavy atom. The molecule has 0 saturated carbocycles. The lowest BCUT2D eigenvalue weighted by Crippen LogP contribution is -1.96. The van der Waals surface area contributed by atoms with Crippen molar-refractivity contribution in [3.05, 3.63) is 59.0 Å². The first-order valence-corrected chi connectivity index (χ1v) is 6.02. The van der Waals surface area contributed by atoms with Gasteiger partial charge in [0.25, 0.3) is 0 Å². The summed E-state index contributed by atoms with van der Waals surface area (Å²) in [6.07, 6.45) is 5.49. The van der Waals surface area contributed by atoms with Crippen LogP contribution in [0.5, 0.6) is 0 Å². The van der Waals surface area contributed by atoms with Gasteiger partial charge >= 0.3 is 0 Å². The van der Waals surface area contributed by atoms with Gasteiger partial charge < -0.3 is 5.73 Å². The van der Waals surface area contributed by atoms with Gasteiger partial charge in [0.15, 0.2) is 0 Å². The van der Waals surface area contributed by atoms with Gasteiger partial charge in [-0.05, 0) is 43.4 Å². The summed E-state index contributed by atoms with van der Waals surface area (Å²) in [6, 6.07) is 7.83. The van der Waals surface area contributed by atoms with Crippen molar-refractivity contribution in [3.63, 3.8) is 0 Å². The molecule has 0 atom stereocenters. The molecule has 0 aliphatic carbocycles. The SMILES string of the molecule is C=C(F)/C(N)=C\CCCCc1ccc(Cl)cc1. The van der Waals surface area contributed by atoms with E-state index in [1.54, 1.807) is 6.08 Å². The first kappa shape index (κ1) is 13.8. The maximum atomic E-state index is 12.5. The Morgan fingerprint density at radius 3 is 2.53 bits per heavy atom. The summed E-state index contributed by atoms with van der Waals surface area (Å²) >= 11 is 5.79. The third-order valence-electron chi connectivity index (χ3n) is 2.51. The summed E-state index contributed by atoms with van der Waals surface area (Å²) in [5.74, 6) is -0.553. The summed E-state index contributed by atoms with van der Waals surface area (Å²) in [6.45, 7) is 3.14. The Kier molecular flexibility index (Phi) is 5.78. The minimum absolute atomic E-state index is 0.150. The lowest BCUT2D eigenvalue weighted by Gasteiger charge is -2.01. The van der Waals surface area contributed by atoms with Crippen molar-refractivity contribution in [2.24, 2.45) is 5.73 Å². The third-order valence-corrected chi connectivity index (χ3v) is 2.76. The molecule has 0 fully saturated rings. The van der Waals surface area contributed by atoms with Gasteiger partial charge in [-0.2, -0.15) is 0 Å².